The maximum absolute atomic E-state index is 6.08. The van der Waals surface area contributed by atoms with Crippen LogP contribution in [0.5, 0.6) is 5.75 Å². The summed E-state index contributed by atoms with van der Waals surface area (Å²) in [7, 11) is 0. The zero-order chi connectivity index (χ0) is 10.4. The number of hydrogen-bond donors (Lipinski definition) is 0. The third-order valence-corrected chi connectivity index (χ3v) is 2.56. The van der Waals surface area contributed by atoms with Crippen molar-refractivity contribution in [2.24, 2.45) is 0 Å². The molecule has 0 N–H and O–H groups in total. The number of ether oxygens (including phenoxy) is 1. The molecule has 0 heterocycles. The van der Waals surface area contributed by atoms with E-state index in [-0.39, 0.29) is 0 Å². The van der Waals surface area contributed by atoms with Crippen molar-refractivity contribution in [3.05, 3.63) is 28.8 Å². The monoisotopic (exact) mass is 232 g/mol. The first-order chi connectivity index (χ1) is 6.79. The van der Waals surface area contributed by atoms with Crippen LogP contribution in [-0.2, 0) is 6.42 Å². The molecular weight excluding hydrogens is 219 g/mol. The first-order valence-corrected chi connectivity index (χ1v) is 5.67. The van der Waals surface area contributed by atoms with Gasteiger partial charge in [0, 0.05) is 16.5 Å². The minimum absolute atomic E-state index is 0.650. The molecule has 0 unspecified atom stereocenters. The van der Waals surface area contributed by atoms with Gasteiger partial charge in [0.15, 0.2) is 0 Å². The van der Waals surface area contributed by atoms with Crippen LogP contribution >= 0.6 is 23.2 Å². The summed E-state index contributed by atoms with van der Waals surface area (Å²) in [5, 5.41) is 0.765. The molecule has 0 aliphatic carbocycles. The Labute approximate surface area is 95.0 Å². The van der Waals surface area contributed by atoms with Gasteiger partial charge in [0.2, 0.25) is 0 Å². The largest absolute Gasteiger partial charge is 0.494 e. The molecule has 0 saturated carbocycles. The molecule has 0 saturated heterocycles. The summed E-state index contributed by atoms with van der Waals surface area (Å²) in [5.41, 5.74) is 1.07. The Morgan fingerprint density at radius 2 is 2.14 bits per heavy atom. The Kier molecular flexibility index (Phi) is 5.13. The molecule has 0 spiro atoms. The summed E-state index contributed by atoms with van der Waals surface area (Å²) in [6.07, 6.45) is 1.80. The minimum atomic E-state index is 0.650. The van der Waals surface area contributed by atoms with Gasteiger partial charge in [-0.1, -0.05) is 17.7 Å². The molecule has 1 aromatic carbocycles. The highest BCUT2D eigenvalue weighted by Gasteiger charge is 2.06. The van der Waals surface area contributed by atoms with Crippen molar-refractivity contribution in [2.75, 3.05) is 12.5 Å². The van der Waals surface area contributed by atoms with Gasteiger partial charge in [-0.15, -0.1) is 11.6 Å². The van der Waals surface area contributed by atoms with Crippen LogP contribution in [0.1, 0.15) is 18.9 Å². The summed E-state index contributed by atoms with van der Waals surface area (Å²) in [5.74, 6) is 1.53. The maximum atomic E-state index is 6.08. The van der Waals surface area contributed by atoms with Crippen LogP contribution in [0.15, 0.2) is 18.2 Å². The van der Waals surface area contributed by atoms with Crippen molar-refractivity contribution in [3.8, 4) is 5.75 Å². The van der Waals surface area contributed by atoms with Crippen LogP contribution in [0.2, 0.25) is 5.02 Å². The van der Waals surface area contributed by atoms with E-state index < -0.39 is 0 Å². The second kappa shape index (κ2) is 6.15. The summed E-state index contributed by atoms with van der Waals surface area (Å²) in [6.45, 7) is 2.63. The summed E-state index contributed by atoms with van der Waals surface area (Å²) < 4.78 is 5.49. The molecule has 0 amide bonds. The molecule has 3 heteroatoms. The fourth-order valence-corrected chi connectivity index (χ4v) is 1.71. The third-order valence-electron chi connectivity index (χ3n) is 1.94. The van der Waals surface area contributed by atoms with E-state index in [0.717, 1.165) is 29.2 Å². The molecule has 1 rings (SSSR count). The summed E-state index contributed by atoms with van der Waals surface area (Å²) in [6, 6.07) is 5.73. The summed E-state index contributed by atoms with van der Waals surface area (Å²) >= 11 is 11.7. The van der Waals surface area contributed by atoms with Crippen LogP contribution in [0.4, 0.5) is 0 Å². The van der Waals surface area contributed by atoms with E-state index in [1.807, 2.05) is 25.1 Å². The third kappa shape index (κ3) is 3.07. The van der Waals surface area contributed by atoms with E-state index in [0.29, 0.717) is 12.5 Å². The van der Waals surface area contributed by atoms with Crippen LogP contribution in [0.3, 0.4) is 0 Å². The lowest BCUT2D eigenvalue weighted by atomic mass is 10.1. The number of hydrogen-bond acceptors (Lipinski definition) is 1. The smallest absolute Gasteiger partial charge is 0.123 e. The average molecular weight is 233 g/mol. The van der Waals surface area contributed by atoms with Gasteiger partial charge in [0.05, 0.1) is 6.61 Å². The molecule has 0 atom stereocenters. The number of benzene rings is 1. The van der Waals surface area contributed by atoms with E-state index >= 15 is 0 Å². The molecule has 1 nitrogen and oxygen atoms in total. The Bertz CT molecular complexity index is 287. The van der Waals surface area contributed by atoms with Crippen molar-refractivity contribution in [1.82, 2.24) is 0 Å². The average Bonchev–Trinajstić information content (AvgIpc) is 2.18. The fraction of sp³-hybridized carbons (Fsp3) is 0.455. The minimum Gasteiger partial charge on any atom is -0.494 e. The predicted molar refractivity (Wildman–Crippen MR) is 61.7 cm³/mol. The molecule has 0 aromatic heterocycles. The van der Waals surface area contributed by atoms with Crippen molar-refractivity contribution in [2.45, 2.75) is 19.8 Å². The van der Waals surface area contributed by atoms with Crippen molar-refractivity contribution < 1.29 is 4.74 Å². The Hall–Kier alpha value is -0.400. The zero-order valence-corrected chi connectivity index (χ0v) is 9.74. The summed E-state index contributed by atoms with van der Waals surface area (Å²) in [4.78, 5) is 0. The van der Waals surface area contributed by atoms with E-state index in [4.69, 9.17) is 27.9 Å². The quantitative estimate of drug-likeness (QED) is 0.700. The first-order valence-electron chi connectivity index (χ1n) is 4.75. The first kappa shape index (κ1) is 11.7. The second-order valence-corrected chi connectivity index (χ2v) is 3.73. The van der Waals surface area contributed by atoms with Gasteiger partial charge in [0.25, 0.3) is 0 Å². The van der Waals surface area contributed by atoms with Gasteiger partial charge in [-0.05, 0) is 31.9 Å². The Morgan fingerprint density at radius 3 is 2.79 bits per heavy atom. The molecule has 0 aliphatic heterocycles. The van der Waals surface area contributed by atoms with Crippen LogP contribution in [-0.4, -0.2) is 12.5 Å². The highest BCUT2D eigenvalue weighted by molar-refractivity contribution is 6.31. The predicted octanol–water partition coefficient (Wildman–Crippen LogP) is 3.91. The topological polar surface area (TPSA) is 9.23 Å². The van der Waals surface area contributed by atoms with Crippen molar-refractivity contribution >= 4 is 23.2 Å². The van der Waals surface area contributed by atoms with Gasteiger partial charge in [-0.25, -0.2) is 0 Å². The second-order valence-electron chi connectivity index (χ2n) is 2.94. The lowest BCUT2D eigenvalue weighted by molar-refractivity contribution is 0.336. The lowest BCUT2D eigenvalue weighted by Crippen LogP contribution is -1.98. The van der Waals surface area contributed by atoms with E-state index in [9.17, 15) is 0 Å². The van der Waals surface area contributed by atoms with Gasteiger partial charge < -0.3 is 4.74 Å². The van der Waals surface area contributed by atoms with Crippen LogP contribution in [0.25, 0.3) is 0 Å². The van der Waals surface area contributed by atoms with Gasteiger partial charge >= 0.3 is 0 Å². The maximum Gasteiger partial charge on any atom is 0.123 e. The Morgan fingerprint density at radius 1 is 1.36 bits per heavy atom. The Balaban J connectivity index is 2.84. The molecule has 1 aromatic rings. The highest BCUT2D eigenvalue weighted by atomic mass is 35.5. The molecule has 0 aliphatic rings. The van der Waals surface area contributed by atoms with Gasteiger partial charge in [-0.2, -0.15) is 0 Å². The van der Waals surface area contributed by atoms with Crippen molar-refractivity contribution in [3.63, 3.8) is 0 Å². The SMILES string of the molecule is CCOc1cccc(Cl)c1CCCCl. The zero-order valence-electron chi connectivity index (χ0n) is 8.22. The molecule has 0 fully saturated rings. The number of rotatable bonds is 5. The van der Waals surface area contributed by atoms with Gasteiger partial charge in [-0.3, -0.25) is 0 Å². The normalized spacial score (nSPS) is 10.2. The van der Waals surface area contributed by atoms with Crippen LogP contribution < -0.4 is 4.74 Å². The fourth-order valence-electron chi connectivity index (χ4n) is 1.32. The standard InChI is InChI=1S/C11H14Cl2O/c1-2-14-11-7-3-6-10(13)9(11)5-4-8-12/h3,6-7H,2,4-5,8H2,1H3. The highest BCUT2D eigenvalue weighted by Crippen LogP contribution is 2.27. The van der Waals surface area contributed by atoms with E-state index in [1.165, 1.54) is 0 Å². The number of alkyl halides is 1. The molecule has 14 heavy (non-hydrogen) atoms. The van der Waals surface area contributed by atoms with E-state index in [2.05, 4.69) is 0 Å². The molecule has 0 radical (unpaired) electrons. The van der Waals surface area contributed by atoms with E-state index in [1.54, 1.807) is 0 Å². The van der Waals surface area contributed by atoms with Gasteiger partial charge in [0.1, 0.15) is 5.75 Å². The molecule has 0 bridgehead atoms. The number of halogens is 2. The molecule has 78 valence electrons. The molecular formula is C11H14Cl2O. The lowest BCUT2D eigenvalue weighted by Gasteiger charge is -2.10. The van der Waals surface area contributed by atoms with Crippen molar-refractivity contribution in [1.29, 1.82) is 0 Å². The van der Waals surface area contributed by atoms with Crippen LogP contribution in [0, 0.1) is 0 Å².